The van der Waals surface area contributed by atoms with E-state index in [-0.39, 0.29) is 18.1 Å². The number of ether oxygens (including phenoxy) is 1. The molecule has 0 aliphatic rings. The Hall–Kier alpha value is -2.38. The van der Waals surface area contributed by atoms with E-state index in [1.54, 1.807) is 37.2 Å². The number of hydrogen-bond acceptors (Lipinski definition) is 3. The van der Waals surface area contributed by atoms with Crippen LogP contribution in [0.3, 0.4) is 0 Å². The third-order valence-electron chi connectivity index (χ3n) is 3.82. The number of benzene rings is 2. The quantitative estimate of drug-likeness (QED) is 0.591. The van der Waals surface area contributed by atoms with Crippen molar-refractivity contribution >= 4 is 23.2 Å². The lowest BCUT2D eigenvalue weighted by Gasteiger charge is -2.24. The standard InChI is InChI=1S/C18H21ClF2N4O/c1-25(2)15(17-13(20)5-4-6-14(17)21)10-23-18(22)24-11-7-8-16(26-3)12(19)9-11/h4-9,15H,10H2,1-3H3,(H3,22,23,24). The highest BCUT2D eigenvalue weighted by molar-refractivity contribution is 6.32. The maximum absolute atomic E-state index is 14.1. The van der Waals surface area contributed by atoms with Gasteiger partial charge in [-0.05, 0) is 44.4 Å². The summed E-state index contributed by atoms with van der Waals surface area (Å²) in [6.45, 7) is 0.0770. The van der Waals surface area contributed by atoms with Gasteiger partial charge in [-0.15, -0.1) is 0 Å². The fraction of sp³-hybridized carbons (Fsp3) is 0.278. The Morgan fingerprint density at radius 1 is 1.27 bits per heavy atom. The van der Waals surface area contributed by atoms with E-state index < -0.39 is 17.7 Å². The Balaban J connectivity index is 2.16. The number of nitrogens with two attached hydrogens (primary N) is 1. The predicted molar refractivity (Wildman–Crippen MR) is 101 cm³/mol. The van der Waals surface area contributed by atoms with Gasteiger partial charge in [0.05, 0.1) is 24.7 Å². The summed E-state index contributed by atoms with van der Waals surface area (Å²) < 4.78 is 33.2. The van der Waals surface area contributed by atoms with Crippen molar-refractivity contribution in [3.8, 4) is 5.75 Å². The van der Waals surface area contributed by atoms with Crippen molar-refractivity contribution < 1.29 is 13.5 Å². The highest BCUT2D eigenvalue weighted by Gasteiger charge is 2.21. The molecule has 0 radical (unpaired) electrons. The molecule has 1 unspecified atom stereocenters. The third kappa shape index (κ3) is 4.83. The van der Waals surface area contributed by atoms with Gasteiger partial charge in [0.25, 0.3) is 0 Å². The molecule has 0 saturated heterocycles. The minimum atomic E-state index is -0.618. The number of anilines is 1. The zero-order valence-corrected chi connectivity index (χ0v) is 15.5. The molecule has 0 aromatic heterocycles. The summed E-state index contributed by atoms with van der Waals surface area (Å²) in [5, 5.41) is 3.31. The number of halogens is 3. The summed E-state index contributed by atoms with van der Waals surface area (Å²) in [6, 6.07) is 8.23. The molecule has 1 atom stereocenters. The molecule has 0 aliphatic heterocycles. The van der Waals surface area contributed by atoms with E-state index >= 15 is 0 Å². The van der Waals surface area contributed by atoms with Gasteiger partial charge in [-0.25, -0.2) is 8.78 Å². The number of aliphatic imine (C=N–C) groups is 1. The van der Waals surface area contributed by atoms with Crippen LogP contribution in [0.2, 0.25) is 5.02 Å². The van der Waals surface area contributed by atoms with E-state index in [2.05, 4.69) is 10.3 Å². The van der Waals surface area contributed by atoms with Gasteiger partial charge < -0.3 is 20.7 Å². The van der Waals surface area contributed by atoms with Crippen LogP contribution in [-0.2, 0) is 0 Å². The Kier molecular flexibility index (Phi) is 6.76. The third-order valence-corrected chi connectivity index (χ3v) is 4.11. The molecule has 0 saturated carbocycles. The fourth-order valence-electron chi connectivity index (χ4n) is 2.46. The van der Waals surface area contributed by atoms with E-state index in [4.69, 9.17) is 22.1 Å². The van der Waals surface area contributed by atoms with Gasteiger partial charge in [-0.2, -0.15) is 0 Å². The summed E-state index contributed by atoms with van der Waals surface area (Å²) in [4.78, 5) is 5.89. The molecule has 0 spiro atoms. The van der Waals surface area contributed by atoms with Gasteiger partial charge in [0, 0.05) is 11.3 Å². The zero-order valence-electron chi connectivity index (χ0n) is 14.8. The first-order chi connectivity index (χ1) is 12.3. The number of nitrogens with zero attached hydrogens (tertiary/aromatic N) is 2. The molecule has 0 aliphatic carbocycles. The molecule has 0 amide bonds. The monoisotopic (exact) mass is 382 g/mol. The van der Waals surface area contributed by atoms with Gasteiger partial charge in [0.1, 0.15) is 17.4 Å². The molecule has 2 aromatic carbocycles. The first-order valence-electron chi connectivity index (χ1n) is 7.84. The lowest BCUT2D eigenvalue weighted by atomic mass is 10.0. The zero-order chi connectivity index (χ0) is 19.3. The second kappa shape index (κ2) is 8.82. The predicted octanol–water partition coefficient (Wildman–Crippen LogP) is 3.66. The Morgan fingerprint density at radius 3 is 2.46 bits per heavy atom. The van der Waals surface area contributed by atoms with Gasteiger partial charge in [-0.1, -0.05) is 17.7 Å². The molecule has 2 aromatic rings. The number of methoxy groups -OCH3 is 1. The molecule has 8 heteroatoms. The number of likely N-dealkylation sites (N-methyl/N-ethyl adjacent to an activating group) is 1. The van der Waals surface area contributed by atoms with Gasteiger partial charge in [0.15, 0.2) is 5.96 Å². The summed E-state index contributed by atoms with van der Waals surface area (Å²) >= 11 is 6.06. The average molecular weight is 383 g/mol. The Bertz CT molecular complexity index is 779. The highest BCUT2D eigenvalue weighted by Crippen LogP contribution is 2.27. The first kappa shape index (κ1) is 19.9. The number of guanidine groups is 1. The van der Waals surface area contributed by atoms with E-state index in [0.29, 0.717) is 16.5 Å². The lowest BCUT2D eigenvalue weighted by molar-refractivity contribution is 0.290. The van der Waals surface area contributed by atoms with E-state index in [0.717, 1.165) is 0 Å². The molecule has 0 heterocycles. The maximum atomic E-state index is 14.1. The number of hydrogen-bond donors (Lipinski definition) is 2. The van der Waals surface area contributed by atoms with Crippen LogP contribution >= 0.6 is 11.6 Å². The minimum absolute atomic E-state index is 0.0402. The molecule has 5 nitrogen and oxygen atoms in total. The lowest BCUT2D eigenvalue weighted by Crippen LogP contribution is -2.28. The smallest absolute Gasteiger partial charge is 0.193 e. The summed E-state index contributed by atoms with van der Waals surface area (Å²) in [6.07, 6.45) is 0. The first-order valence-corrected chi connectivity index (χ1v) is 8.22. The van der Waals surface area contributed by atoms with E-state index in [1.165, 1.54) is 25.3 Å². The highest BCUT2D eigenvalue weighted by atomic mass is 35.5. The van der Waals surface area contributed by atoms with Crippen LogP contribution in [0, 0.1) is 11.6 Å². The van der Waals surface area contributed by atoms with Crippen molar-refractivity contribution in [2.45, 2.75) is 6.04 Å². The average Bonchev–Trinajstić information content (AvgIpc) is 2.57. The van der Waals surface area contributed by atoms with Crippen molar-refractivity contribution in [1.82, 2.24) is 4.90 Å². The maximum Gasteiger partial charge on any atom is 0.193 e. The molecule has 0 fully saturated rings. The molecule has 26 heavy (non-hydrogen) atoms. The molecular formula is C18H21ClF2N4O. The second-order valence-corrected chi connectivity index (χ2v) is 6.22. The minimum Gasteiger partial charge on any atom is -0.495 e. The topological polar surface area (TPSA) is 62.9 Å². The van der Waals surface area contributed by atoms with Crippen LogP contribution in [0.25, 0.3) is 0 Å². The van der Waals surface area contributed by atoms with Crippen molar-refractivity contribution in [3.05, 3.63) is 58.6 Å². The van der Waals surface area contributed by atoms with Crippen LogP contribution < -0.4 is 15.8 Å². The molecule has 140 valence electrons. The Morgan fingerprint density at radius 2 is 1.92 bits per heavy atom. The van der Waals surface area contributed by atoms with Crippen LogP contribution in [0.4, 0.5) is 14.5 Å². The van der Waals surface area contributed by atoms with Gasteiger partial charge in [-0.3, -0.25) is 4.99 Å². The van der Waals surface area contributed by atoms with Crippen LogP contribution in [-0.4, -0.2) is 38.6 Å². The summed E-state index contributed by atoms with van der Waals surface area (Å²) in [5.41, 5.74) is 6.47. The van der Waals surface area contributed by atoms with Crippen LogP contribution in [0.5, 0.6) is 5.75 Å². The van der Waals surface area contributed by atoms with E-state index in [1.807, 2.05) is 0 Å². The number of nitrogens with one attached hydrogen (secondary N) is 1. The second-order valence-electron chi connectivity index (χ2n) is 5.81. The van der Waals surface area contributed by atoms with Gasteiger partial charge >= 0.3 is 0 Å². The fourth-order valence-corrected chi connectivity index (χ4v) is 2.72. The van der Waals surface area contributed by atoms with Crippen LogP contribution in [0.15, 0.2) is 41.4 Å². The van der Waals surface area contributed by atoms with Crippen molar-refractivity contribution in [1.29, 1.82) is 0 Å². The molecule has 0 bridgehead atoms. The number of rotatable bonds is 6. The van der Waals surface area contributed by atoms with Crippen LogP contribution in [0.1, 0.15) is 11.6 Å². The van der Waals surface area contributed by atoms with Crippen molar-refractivity contribution in [2.75, 3.05) is 33.1 Å². The van der Waals surface area contributed by atoms with Gasteiger partial charge in [0.2, 0.25) is 0 Å². The Labute approximate surface area is 156 Å². The molecular weight excluding hydrogens is 362 g/mol. The molecule has 2 rings (SSSR count). The molecule has 3 N–H and O–H groups in total. The summed E-state index contributed by atoms with van der Waals surface area (Å²) in [7, 11) is 4.96. The SMILES string of the molecule is COc1ccc(NC(N)=NCC(c2c(F)cccc2F)N(C)C)cc1Cl. The largest absolute Gasteiger partial charge is 0.495 e. The van der Waals surface area contributed by atoms with E-state index in [9.17, 15) is 8.78 Å². The van der Waals surface area contributed by atoms with Crippen molar-refractivity contribution in [3.63, 3.8) is 0 Å². The summed E-state index contributed by atoms with van der Waals surface area (Å²) in [5.74, 6) is -0.593. The van der Waals surface area contributed by atoms with Crippen molar-refractivity contribution in [2.24, 2.45) is 10.7 Å². The normalized spacial score (nSPS) is 13.0.